The first-order valence-electron chi connectivity index (χ1n) is 26.6. The van der Waals surface area contributed by atoms with Gasteiger partial charge in [0.15, 0.2) is 0 Å². The minimum absolute atomic E-state index is 0.0800. The van der Waals surface area contributed by atoms with Gasteiger partial charge in [0, 0.05) is 23.2 Å². The SMILES string of the molecule is COC(=O)N[C@H](C(=O)N1[C@H](c2ncc(C#CC3=CC4=CC[C@@H]3CC[C@@H]3C=CC(=C(C#Cc5cnc([C@@H]6C[C@@H]7CCCC[C@@H]7N6C(=O)[C@@H](NC(=O)OC)C(C)C)[nH]5)C3C)CC4)[nH]2)C[C@@H]2CCCC[C@@H]21)C(C)C. The maximum atomic E-state index is 14.3. The molecule has 2 aromatic heterocycles. The number of methoxy groups -OCH3 is 2. The molecule has 4 bridgehead atoms. The van der Waals surface area contributed by atoms with E-state index in [2.05, 4.69) is 75.5 Å². The highest BCUT2D eigenvalue weighted by atomic mass is 16.5. The molecule has 4 heterocycles. The molecule has 0 aromatic carbocycles. The predicted octanol–water partition coefficient (Wildman–Crippen LogP) is 9.53. The Morgan fingerprint density at radius 1 is 0.704 bits per heavy atom. The number of ether oxygens (including phenoxy) is 2. The number of aromatic nitrogens is 4. The van der Waals surface area contributed by atoms with Crippen molar-refractivity contribution in [1.82, 2.24) is 40.4 Å². The topological polar surface area (TPSA) is 175 Å². The maximum Gasteiger partial charge on any atom is 0.407 e. The van der Waals surface area contributed by atoms with E-state index in [1.165, 1.54) is 30.9 Å². The van der Waals surface area contributed by atoms with Crippen molar-refractivity contribution >= 4 is 24.0 Å². The highest BCUT2D eigenvalue weighted by Crippen LogP contribution is 2.48. The monoisotopic (exact) mass is 967 g/mol. The smallest absolute Gasteiger partial charge is 0.407 e. The molecular formula is C57H74N8O6. The van der Waals surface area contributed by atoms with Gasteiger partial charge in [0.25, 0.3) is 0 Å². The van der Waals surface area contributed by atoms with Crippen LogP contribution < -0.4 is 10.6 Å². The molecule has 4 N–H and O–H groups in total. The molecule has 2 saturated carbocycles. The molecule has 4 amide bonds. The molecule has 4 fully saturated rings. The molecule has 1 unspecified atom stereocenters. The van der Waals surface area contributed by atoms with Gasteiger partial charge in [0.2, 0.25) is 11.8 Å². The van der Waals surface area contributed by atoms with Gasteiger partial charge in [0.05, 0.1) is 38.7 Å². The van der Waals surface area contributed by atoms with Crippen LogP contribution in [0.4, 0.5) is 9.59 Å². The minimum Gasteiger partial charge on any atom is -0.453 e. The van der Waals surface area contributed by atoms with Crippen LogP contribution in [-0.4, -0.2) is 92.1 Å². The number of nitrogens with one attached hydrogen (secondary N) is 4. The van der Waals surface area contributed by atoms with Crippen LogP contribution in [0.1, 0.15) is 166 Å². The fourth-order valence-electron chi connectivity index (χ4n) is 13.0. The number of amides is 4. The lowest BCUT2D eigenvalue weighted by atomic mass is 9.73. The summed E-state index contributed by atoms with van der Waals surface area (Å²) >= 11 is 0. The van der Waals surface area contributed by atoms with Gasteiger partial charge in [-0.25, -0.2) is 19.6 Å². The first-order chi connectivity index (χ1) is 34.3. The van der Waals surface area contributed by atoms with Gasteiger partial charge in [-0.05, 0) is 136 Å². The highest BCUT2D eigenvalue weighted by molar-refractivity contribution is 5.87. The number of imidazole rings is 2. The fraction of sp³-hybridized carbons (Fsp3) is 0.614. The molecule has 12 rings (SSSR count). The van der Waals surface area contributed by atoms with Crippen molar-refractivity contribution in [3.05, 3.63) is 82.0 Å². The normalized spacial score (nSPS) is 28.8. The van der Waals surface area contributed by atoms with Gasteiger partial charge in [0.1, 0.15) is 35.1 Å². The standard InChI is InChI=1S/C57H74N8O6/c1-33(2)50(62-56(68)70-6)54(66)64-46-14-10-8-12-41(46)29-48(64)52-58-31-43(60-52)25-24-40-28-36-16-18-38(40)22-20-37-21-23-39(19-17-36)45(35(37)5)27-26-44-32-59-53(61-44)49-30-42-13-9-11-15-47(42)65(49)55(67)51(34(3)4)63-57(69)71-7/h16,21,23,28,31-35,37-38,41-42,46-51H,8-15,17-20,22,29-30H2,1-7H3,(H,58,60)(H,59,61)(H,62,68)(H,63,69)/t35?,37-,38-,41+,42+,46+,47+,48+,49+,50+,51+/m1/s1. The molecule has 14 nitrogen and oxygen atoms in total. The number of hydrogen-bond acceptors (Lipinski definition) is 8. The summed E-state index contributed by atoms with van der Waals surface area (Å²) in [7, 11) is 2.65. The quantitative estimate of drug-likeness (QED) is 0.189. The van der Waals surface area contributed by atoms with Crippen molar-refractivity contribution in [3.8, 4) is 23.7 Å². The molecule has 2 saturated heterocycles. The second kappa shape index (κ2) is 21.8. The van der Waals surface area contributed by atoms with Gasteiger partial charge < -0.3 is 39.9 Å². The number of likely N-dealkylation sites (tertiary alicyclic amines) is 2. The average molecular weight is 967 g/mol. The largest absolute Gasteiger partial charge is 0.453 e. The Morgan fingerprint density at radius 2 is 1.24 bits per heavy atom. The minimum atomic E-state index is -0.695. The summed E-state index contributed by atoms with van der Waals surface area (Å²) in [6, 6.07) is -1.60. The molecule has 2 aliphatic heterocycles. The molecular weight excluding hydrogens is 893 g/mol. The summed E-state index contributed by atoms with van der Waals surface area (Å²) in [6.07, 6.45) is 26.8. The van der Waals surface area contributed by atoms with E-state index in [1.807, 2.05) is 49.9 Å². The number of rotatable bonds is 8. The van der Waals surface area contributed by atoms with E-state index in [1.54, 1.807) is 0 Å². The van der Waals surface area contributed by atoms with Gasteiger partial charge in [-0.15, -0.1) is 0 Å². The van der Waals surface area contributed by atoms with Crippen LogP contribution in [0.25, 0.3) is 0 Å². The summed E-state index contributed by atoms with van der Waals surface area (Å²) in [4.78, 5) is 74.1. The Kier molecular flexibility index (Phi) is 15.3. The zero-order chi connectivity index (χ0) is 49.9. The van der Waals surface area contributed by atoms with E-state index in [-0.39, 0.29) is 53.7 Å². The van der Waals surface area contributed by atoms with Crippen LogP contribution in [0, 0.1) is 65.1 Å². The number of hydrogen-bond donors (Lipinski definition) is 4. The lowest BCUT2D eigenvalue weighted by Crippen LogP contribution is -2.53. The van der Waals surface area contributed by atoms with E-state index in [0.717, 1.165) is 125 Å². The Hall–Kier alpha value is -6.02. The Morgan fingerprint density at radius 3 is 1.77 bits per heavy atom. The average Bonchev–Trinajstić information content (AvgIpc) is 4.19. The third-order valence-electron chi connectivity index (χ3n) is 16.9. The van der Waals surface area contributed by atoms with Gasteiger partial charge >= 0.3 is 12.2 Å². The number of aromatic amines is 2. The Labute approximate surface area is 420 Å². The van der Waals surface area contributed by atoms with Gasteiger partial charge in [-0.2, -0.15) is 0 Å². The molecule has 71 heavy (non-hydrogen) atoms. The summed E-state index contributed by atoms with van der Waals surface area (Å²) < 4.78 is 9.80. The van der Waals surface area contributed by atoms with Crippen LogP contribution in [0.5, 0.6) is 0 Å². The van der Waals surface area contributed by atoms with Crippen LogP contribution in [0.2, 0.25) is 0 Å². The highest BCUT2D eigenvalue weighted by Gasteiger charge is 2.50. The maximum absolute atomic E-state index is 14.3. The molecule has 378 valence electrons. The first-order valence-corrected chi connectivity index (χ1v) is 26.6. The predicted molar refractivity (Wildman–Crippen MR) is 271 cm³/mol. The molecule has 0 spiro atoms. The zero-order valence-electron chi connectivity index (χ0n) is 42.8. The molecule has 11 atom stereocenters. The zero-order valence-corrected chi connectivity index (χ0v) is 42.8. The van der Waals surface area contributed by atoms with E-state index in [0.29, 0.717) is 23.7 Å². The molecule has 0 radical (unpaired) electrons. The summed E-state index contributed by atoms with van der Waals surface area (Å²) in [5, 5.41) is 5.63. The number of fused-ring (bicyclic) bond motifs is 2. The number of alkyl carbamates (subject to hydrolysis) is 2. The Balaban J connectivity index is 0.911. The molecule has 10 aliphatic rings. The molecule has 2 aromatic rings. The van der Waals surface area contributed by atoms with Crippen molar-refractivity contribution < 1.29 is 28.7 Å². The van der Waals surface area contributed by atoms with Crippen molar-refractivity contribution in [2.75, 3.05) is 14.2 Å². The number of carbonyl (C=O) groups excluding carboxylic acids is 4. The van der Waals surface area contributed by atoms with Crippen molar-refractivity contribution in [3.63, 3.8) is 0 Å². The van der Waals surface area contributed by atoms with Crippen LogP contribution in [0.15, 0.2) is 59.0 Å². The van der Waals surface area contributed by atoms with Gasteiger partial charge in [-0.1, -0.05) is 95.9 Å². The van der Waals surface area contributed by atoms with E-state index in [4.69, 9.17) is 19.4 Å². The summed E-state index contributed by atoms with van der Waals surface area (Å²) in [6.45, 7) is 10.1. The van der Waals surface area contributed by atoms with E-state index >= 15 is 0 Å². The number of carbonyl (C=O) groups is 4. The van der Waals surface area contributed by atoms with Crippen molar-refractivity contribution in [1.29, 1.82) is 0 Å². The van der Waals surface area contributed by atoms with E-state index in [9.17, 15) is 19.2 Å². The second-order valence-electron chi connectivity index (χ2n) is 21.9. The molecule has 14 heteroatoms. The number of allylic oxidation sites excluding steroid dienone is 8. The number of nitrogens with zero attached hydrogens (tertiary/aromatic N) is 4. The summed E-state index contributed by atoms with van der Waals surface area (Å²) in [5.41, 5.74) is 6.38. The van der Waals surface area contributed by atoms with E-state index < -0.39 is 24.3 Å². The lowest BCUT2D eigenvalue weighted by Gasteiger charge is -2.36. The summed E-state index contributed by atoms with van der Waals surface area (Å²) in [5.74, 6) is 16.9. The lowest BCUT2D eigenvalue weighted by molar-refractivity contribution is -0.139. The van der Waals surface area contributed by atoms with Gasteiger partial charge in [-0.3, -0.25) is 9.59 Å². The second-order valence-corrected chi connectivity index (χ2v) is 21.9. The fourth-order valence-corrected chi connectivity index (χ4v) is 13.0. The van der Waals surface area contributed by atoms with Crippen molar-refractivity contribution in [2.24, 2.45) is 41.4 Å². The molecule has 8 aliphatic carbocycles. The third kappa shape index (κ3) is 10.6. The Bertz CT molecular complexity index is 2590. The third-order valence-corrected chi connectivity index (χ3v) is 16.9. The van der Waals surface area contributed by atoms with Crippen molar-refractivity contribution in [2.45, 2.75) is 167 Å². The van der Waals surface area contributed by atoms with Crippen LogP contribution >= 0.6 is 0 Å². The van der Waals surface area contributed by atoms with Crippen LogP contribution in [-0.2, 0) is 19.1 Å². The first kappa shape index (κ1) is 49.9. The van der Waals surface area contributed by atoms with Crippen LogP contribution in [0.3, 0.4) is 0 Å². The number of H-pyrrole nitrogens is 2.